The van der Waals surface area contributed by atoms with E-state index in [2.05, 4.69) is 5.32 Å². The van der Waals surface area contributed by atoms with Gasteiger partial charge in [0.15, 0.2) is 17.6 Å². The summed E-state index contributed by atoms with van der Waals surface area (Å²) in [5, 5.41) is 35.3. The molecular weight excluding hydrogens is 520 g/mol. The van der Waals surface area contributed by atoms with E-state index in [1.54, 1.807) is 52.0 Å². The van der Waals surface area contributed by atoms with Gasteiger partial charge < -0.3 is 45.3 Å². The van der Waals surface area contributed by atoms with Crippen LogP contribution in [-0.2, 0) is 19.0 Å². The molecule has 11 nitrogen and oxygen atoms in total. The van der Waals surface area contributed by atoms with Crippen molar-refractivity contribution in [2.24, 2.45) is 11.7 Å². The number of benzene rings is 1. The van der Waals surface area contributed by atoms with Crippen LogP contribution in [0.2, 0.25) is 0 Å². The average Bonchev–Trinajstić information content (AvgIpc) is 2.90. The van der Waals surface area contributed by atoms with Crippen molar-refractivity contribution in [3.63, 3.8) is 0 Å². The van der Waals surface area contributed by atoms with Gasteiger partial charge in [0.1, 0.15) is 11.9 Å². The highest BCUT2D eigenvalue weighted by molar-refractivity contribution is 6.05. The molecule has 1 aromatic rings. The van der Waals surface area contributed by atoms with Crippen molar-refractivity contribution in [2.75, 3.05) is 26.6 Å². The van der Waals surface area contributed by atoms with E-state index in [0.29, 0.717) is 11.1 Å². The normalized spacial score (nSPS) is 27.4. The van der Waals surface area contributed by atoms with Gasteiger partial charge in [-0.25, -0.2) is 4.79 Å². The van der Waals surface area contributed by atoms with Gasteiger partial charge in [0, 0.05) is 31.8 Å². The summed E-state index contributed by atoms with van der Waals surface area (Å²) in [4.78, 5) is 24.6. The lowest BCUT2D eigenvalue weighted by molar-refractivity contribution is -0.112. The van der Waals surface area contributed by atoms with Crippen molar-refractivity contribution in [1.82, 2.24) is 0 Å². The van der Waals surface area contributed by atoms with Crippen LogP contribution in [0.3, 0.4) is 0 Å². The Morgan fingerprint density at radius 2 is 1.80 bits per heavy atom. The number of carbonyl (C=O) groups excluding carboxylic acids is 2. The molecule has 6 N–H and O–H groups in total. The minimum atomic E-state index is -0.998. The van der Waals surface area contributed by atoms with Gasteiger partial charge in [0.2, 0.25) is 0 Å². The SMILES string of the molecule is COc1c(O)cc2c(O)c1/C=C(\C)CC(OC)C(O)C(C)C=C(C)C(OC(N)=O)C(OC)C=C/C=C(/C)C(=O)N2. The van der Waals surface area contributed by atoms with Crippen LogP contribution in [0.25, 0.3) is 6.08 Å². The number of allylic oxidation sites excluding steroid dienone is 2. The van der Waals surface area contributed by atoms with Gasteiger partial charge in [-0.15, -0.1) is 0 Å². The van der Waals surface area contributed by atoms with Gasteiger partial charge in [0.05, 0.1) is 30.6 Å². The number of hydrogen-bond acceptors (Lipinski definition) is 9. The Morgan fingerprint density at radius 1 is 1.12 bits per heavy atom. The number of aliphatic hydroxyl groups is 1. The number of aliphatic hydroxyl groups excluding tert-OH is 1. The first-order valence-electron chi connectivity index (χ1n) is 12.7. The second kappa shape index (κ2) is 14.5. The number of amides is 2. The molecule has 0 fully saturated rings. The van der Waals surface area contributed by atoms with E-state index in [9.17, 15) is 24.9 Å². The van der Waals surface area contributed by atoms with Crippen LogP contribution in [0.1, 0.15) is 39.7 Å². The summed E-state index contributed by atoms with van der Waals surface area (Å²) < 4.78 is 21.8. The van der Waals surface area contributed by atoms with Gasteiger partial charge in [-0.05, 0) is 38.8 Å². The molecule has 40 heavy (non-hydrogen) atoms. The fraction of sp³-hybridized carbons (Fsp3) is 0.448. The van der Waals surface area contributed by atoms with Gasteiger partial charge in [-0.3, -0.25) is 4.79 Å². The Morgan fingerprint density at radius 3 is 2.38 bits per heavy atom. The van der Waals surface area contributed by atoms with E-state index < -0.39 is 42.3 Å². The average molecular weight is 561 g/mol. The summed E-state index contributed by atoms with van der Waals surface area (Å²) in [7, 11) is 4.25. The van der Waals surface area contributed by atoms with E-state index in [-0.39, 0.29) is 40.5 Å². The minimum absolute atomic E-state index is 0.0171. The van der Waals surface area contributed by atoms with Crippen molar-refractivity contribution in [3.8, 4) is 17.2 Å². The number of fused-ring (bicyclic) bond motifs is 2. The molecule has 2 rings (SSSR count). The van der Waals surface area contributed by atoms with Gasteiger partial charge in [-0.1, -0.05) is 36.8 Å². The summed E-state index contributed by atoms with van der Waals surface area (Å²) in [5.41, 5.74) is 6.98. The molecule has 1 aliphatic heterocycles. The number of carbonyl (C=O) groups is 2. The van der Waals surface area contributed by atoms with Gasteiger partial charge >= 0.3 is 6.09 Å². The fourth-order valence-corrected chi connectivity index (χ4v) is 4.47. The second-order valence-corrected chi connectivity index (χ2v) is 9.71. The number of phenolic OH excluding ortho intramolecular Hbond substituents is 2. The summed E-state index contributed by atoms with van der Waals surface area (Å²) in [5.74, 6) is -1.57. The van der Waals surface area contributed by atoms with Crippen LogP contribution < -0.4 is 15.8 Å². The van der Waals surface area contributed by atoms with Gasteiger partial charge in [-0.2, -0.15) is 0 Å². The zero-order valence-corrected chi connectivity index (χ0v) is 23.9. The Kier molecular flexibility index (Phi) is 11.8. The lowest BCUT2D eigenvalue weighted by Crippen LogP contribution is -2.36. The summed E-state index contributed by atoms with van der Waals surface area (Å²) in [6.45, 7) is 6.86. The molecule has 0 aromatic heterocycles. The van der Waals surface area contributed by atoms with E-state index in [4.69, 9.17) is 24.7 Å². The summed E-state index contributed by atoms with van der Waals surface area (Å²) in [6.07, 6.45) is 3.94. The summed E-state index contributed by atoms with van der Waals surface area (Å²) in [6, 6.07) is 1.19. The van der Waals surface area contributed by atoms with Crippen LogP contribution in [0.4, 0.5) is 10.5 Å². The molecule has 0 aliphatic carbocycles. The highest BCUT2D eigenvalue weighted by Gasteiger charge is 2.29. The molecule has 2 bridgehead atoms. The van der Waals surface area contributed by atoms with Crippen LogP contribution in [0, 0.1) is 5.92 Å². The van der Waals surface area contributed by atoms with Crippen molar-refractivity contribution in [2.45, 2.75) is 58.5 Å². The maximum atomic E-state index is 12.9. The Hall–Kier alpha value is -3.80. The quantitative estimate of drug-likeness (QED) is 0.209. The molecule has 220 valence electrons. The number of nitrogens with two attached hydrogens (primary N) is 1. The predicted octanol–water partition coefficient (Wildman–Crippen LogP) is 3.79. The highest BCUT2D eigenvalue weighted by atomic mass is 16.6. The third-order valence-electron chi connectivity index (χ3n) is 6.65. The molecular formula is C29H40N2O9. The molecule has 11 heteroatoms. The van der Waals surface area contributed by atoms with Crippen molar-refractivity contribution in [1.29, 1.82) is 0 Å². The predicted molar refractivity (Wildman–Crippen MR) is 151 cm³/mol. The number of nitrogens with one attached hydrogen (secondary N) is 1. The number of anilines is 1. The van der Waals surface area contributed by atoms with E-state index in [0.717, 1.165) is 0 Å². The molecule has 2 amide bonds. The van der Waals surface area contributed by atoms with Crippen LogP contribution in [0.15, 0.2) is 47.1 Å². The first kappa shape index (κ1) is 32.4. The topological polar surface area (TPSA) is 170 Å². The number of hydrogen-bond donors (Lipinski definition) is 5. The highest BCUT2D eigenvalue weighted by Crippen LogP contribution is 2.43. The first-order valence-corrected chi connectivity index (χ1v) is 12.7. The number of phenols is 2. The number of ether oxygens (including phenoxy) is 4. The zero-order valence-electron chi connectivity index (χ0n) is 23.9. The lowest BCUT2D eigenvalue weighted by Gasteiger charge is -2.28. The largest absolute Gasteiger partial charge is 0.505 e. The third-order valence-corrected chi connectivity index (χ3v) is 6.65. The van der Waals surface area contributed by atoms with Crippen LogP contribution in [0.5, 0.6) is 17.2 Å². The van der Waals surface area contributed by atoms with Crippen molar-refractivity contribution >= 4 is 23.8 Å². The van der Waals surface area contributed by atoms with Crippen molar-refractivity contribution < 1.29 is 43.9 Å². The van der Waals surface area contributed by atoms with E-state index >= 15 is 0 Å². The smallest absolute Gasteiger partial charge is 0.405 e. The first-order chi connectivity index (χ1) is 18.8. The minimum Gasteiger partial charge on any atom is -0.505 e. The molecule has 0 radical (unpaired) electrons. The Labute approximate surface area is 234 Å². The molecule has 0 spiro atoms. The van der Waals surface area contributed by atoms with E-state index in [1.165, 1.54) is 33.5 Å². The lowest BCUT2D eigenvalue weighted by atomic mass is 9.91. The third kappa shape index (κ3) is 8.10. The van der Waals surface area contributed by atoms with Crippen LogP contribution >= 0.6 is 0 Å². The maximum Gasteiger partial charge on any atom is 0.405 e. The fourth-order valence-electron chi connectivity index (χ4n) is 4.47. The van der Waals surface area contributed by atoms with E-state index in [1.807, 2.05) is 0 Å². The molecule has 0 saturated carbocycles. The number of aromatic hydroxyl groups is 2. The molecule has 5 unspecified atom stereocenters. The van der Waals surface area contributed by atoms with Gasteiger partial charge in [0.25, 0.3) is 5.91 Å². The molecule has 0 saturated heterocycles. The molecule has 1 heterocycles. The molecule has 5 atom stereocenters. The van der Waals surface area contributed by atoms with Crippen LogP contribution in [-0.4, -0.2) is 73.1 Å². The monoisotopic (exact) mass is 560 g/mol. The standard InChI is InChI=1S/C29H40N2O9/c1-15-11-19-25(34)20(14-21(32)27(19)39-7)31-28(35)16(2)9-8-10-22(37-5)26(40-29(30)36)18(4)13-17(3)24(33)23(12-15)38-6/h8-11,13-14,17,22-24,26,32-34H,12H2,1-7H3,(H2,30,36)(H,31,35)/b10-8?,15-11+,16-9-,18-13?. The second-order valence-electron chi connectivity index (χ2n) is 9.71. The Bertz CT molecular complexity index is 1200. The number of methoxy groups -OCH3 is 3. The Balaban J connectivity index is 2.72. The summed E-state index contributed by atoms with van der Waals surface area (Å²) >= 11 is 0. The van der Waals surface area contributed by atoms with Crippen molar-refractivity contribution in [3.05, 3.63) is 52.7 Å². The maximum absolute atomic E-state index is 12.9. The number of rotatable bonds is 4. The zero-order chi connectivity index (χ0) is 30.1. The molecule has 1 aromatic carbocycles. The molecule has 1 aliphatic rings. The number of primary amides is 1.